The summed E-state index contributed by atoms with van der Waals surface area (Å²) in [7, 11) is 0. The van der Waals surface area contributed by atoms with E-state index >= 15 is 0 Å². The highest BCUT2D eigenvalue weighted by Gasteiger charge is 2.12. The number of hydrogen-bond donors (Lipinski definition) is 2. The van der Waals surface area contributed by atoms with Gasteiger partial charge in [0, 0.05) is 0 Å². The second kappa shape index (κ2) is 10.9. The van der Waals surface area contributed by atoms with Gasteiger partial charge in [-0.25, -0.2) is 14.4 Å². The van der Waals surface area contributed by atoms with Crippen molar-refractivity contribution in [2.75, 3.05) is 13.2 Å². The molecular formula is C26H22O8. The minimum Gasteiger partial charge on any atom is -0.481 e. The first-order valence-electron chi connectivity index (χ1n) is 10.3. The molecule has 0 unspecified atom stereocenters. The normalized spacial score (nSPS) is 10.9. The summed E-state index contributed by atoms with van der Waals surface area (Å²) in [5.74, 6) is -3.24. The molecule has 3 rings (SSSR count). The Kier molecular flexibility index (Phi) is 7.76. The van der Waals surface area contributed by atoms with E-state index < -0.39 is 23.9 Å². The maximum absolute atomic E-state index is 12.4. The lowest BCUT2D eigenvalue weighted by atomic mass is 9.99. The summed E-state index contributed by atoms with van der Waals surface area (Å²) in [4.78, 5) is 46.0. The van der Waals surface area contributed by atoms with Gasteiger partial charge in [0.25, 0.3) is 0 Å². The van der Waals surface area contributed by atoms with Crippen molar-refractivity contribution in [3.63, 3.8) is 0 Å². The van der Waals surface area contributed by atoms with Crippen molar-refractivity contribution in [1.82, 2.24) is 0 Å². The molecule has 0 aliphatic heterocycles. The van der Waals surface area contributed by atoms with Gasteiger partial charge in [-0.2, -0.15) is 0 Å². The van der Waals surface area contributed by atoms with Gasteiger partial charge in [0.05, 0.1) is 23.1 Å². The van der Waals surface area contributed by atoms with Crippen LogP contribution in [0.1, 0.15) is 48.6 Å². The zero-order valence-corrected chi connectivity index (χ0v) is 18.3. The largest absolute Gasteiger partial charge is 0.481 e. The quantitative estimate of drug-likeness (QED) is 0.355. The van der Waals surface area contributed by atoms with Gasteiger partial charge >= 0.3 is 23.9 Å². The Morgan fingerprint density at radius 2 is 1.35 bits per heavy atom. The number of carbonyl (C=O) groups excluding carboxylic acids is 2. The topological polar surface area (TPSA) is 127 Å². The number of aryl methyl sites for hydroxylation is 1. The SMILES string of the molecule is Cc1cc2ccc(C(=O)OCCOC(=O)c3ccc(C(=O)O)cc3)cc2cc1/C=C\CC(=O)O. The van der Waals surface area contributed by atoms with Crippen molar-refractivity contribution >= 4 is 40.7 Å². The number of esters is 2. The Labute approximate surface area is 195 Å². The molecule has 3 aromatic rings. The lowest BCUT2D eigenvalue weighted by molar-refractivity contribution is -0.136. The lowest BCUT2D eigenvalue weighted by Gasteiger charge is -2.09. The number of benzene rings is 3. The molecule has 8 heteroatoms. The average Bonchev–Trinajstić information content (AvgIpc) is 2.81. The fourth-order valence-electron chi connectivity index (χ4n) is 3.21. The van der Waals surface area contributed by atoms with E-state index in [1.165, 1.54) is 24.3 Å². The van der Waals surface area contributed by atoms with E-state index in [1.54, 1.807) is 30.4 Å². The van der Waals surface area contributed by atoms with Crippen LogP contribution in [0, 0.1) is 6.92 Å². The van der Waals surface area contributed by atoms with Crippen LogP contribution in [0.3, 0.4) is 0 Å². The molecule has 0 radical (unpaired) electrons. The maximum Gasteiger partial charge on any atom is 0.338 e. The van der Waals surface area contributed by atoms with E-state index in [9.17, 15) is 19.2 Å². The highest BCUT2D eigenvalue weighted by molar-refractivity contribution is 5.96. The Hall–Kier alpha value is -4.46. The van der Waals surface area contributed by atoms with E-state index in [-0.39, 0.29) is 30.8 Å². The minimum atomic E-state index is -1.10. The van der Waals surface area contributed by atoms with Crippen LogP contribution in [0.4, 0.5) is 0 Å². The molecule has 174 valence electrons. The Morgan fingerprint density at radius 3 is 1.97 bits per heavy atom. The number of fused-ring (bicyclic) bond motifs is 1. The zero-order chi connectivity index (χ0) is 24.7. The standard InChI is InChI=1S/C26H22O8/c1-16-13-20-9-10-21(15-22(20)14-19(16)3-2-4-23(27)28)26(32)34-12-11-33-25(31)18-7-5-17(6-8-18)24(29)30/h2-3,5-10,13-15H,4,11-12H2,1H3,(H,27,28)(H,29,30)/b3-2-. The van der Waals surface area contributed by atoms with Gasteiger partial charge in [0.15, 0.2) is 0 Å². The molecule has 3 aromatic carbocycles. The first-order chi connectivity index (χ1) is 16.2. The summed E-state index contributed by atoms with van der Waals surface area (Å²) in [6.45, 7) is 1.62. The molecule has 2 N–H and O–H groups in total. The van der Waals surface area contributed by atoms with Crippen LogP contribution in [-0.2, 0) is 14.3 Å². The van der Waals surface area contributed by atoms with E-state index in [4.69, 9.17) is 19.7 Å². The molecule has 0 amide bonds. The summed E-state index contributed by atoms with van der Waals surface area (Å²) in [6.07, 6.45) is 3.22. The average molecular weight is 462 g/mol. The highest BCUT2D eigenvalue weighted by atomic mass is 16.6. The van der Waals surface area contributed by atoms with Crippen LogP contribution in [0.5, 0.6) is 0 Å². The Morgan fingerprint density at radius 1 is 0.765 bits per heavy atom. The van der Waals surface area contributed by atoms with Crippen LogP contribution in [0.15, 0.2) is 60.7 Å². The molecule has 34 heavy (non-hydrogen) atoms. The lowest BCUT2D eigenvalue weighted by Crippen LogP contribution is -2.14. The fourth-order valence-corrected chi connectivity index (χ4v) is 3.21. The van der Waals surface area contributed by atoms with E-state index in [0.717, 1.165) is 21.9 Å². The molecule has 0 saturated heterocycles. The third kappa shape index (κ3) is 6.29. The number of carboxylic acids is 2. The second-order valence-electron chi connectivity index (χ2n) is 7.43. The van der Waals surface area contributed by atoms with Gasteiger partial charge in [-0.1, -0.05) is 24.3 Å². The van der Waals surface area contributed by atoms with Gasteiger partial charge in [0.2, 0.25) is 0 Å². The number of hydrogen-bond acceptors (Lipinski definition) is 6. The number of rotatable bonds is 9. The number of aromatic carboxylic acids is 1. The van der Waals surface area contributed by atoms with Crippen molar-refractivity contribution in [3.05, 3.63) is 88.5 Å². The van der Waals surface area contributed by atoms with Gasteiger partial charge in [-0.3, -0.25) is 4.79 Å². The molecular weight excluding hydrogens is 440 g/mol. The van der Waals surface area contributed by atoms with Crippen LogP contribution in [0.2, 0.25) is 0 Å². The predicted octanol–water partition coefficient (Wildman–Crippen LogP) is 4.35. The second-order valence-corrected chi connectivity index (χ2v) is 7.43. The molecule has 0 atom stereocenters. The number of carboxylic acid groups (broad SMARTS) is 2. The van der Waals surface area contributed by atoms with Crippen LogP contribution in [-0.4, -0.2) is 47.3 Å². The van der Waals surface area contributed by atoms with Gasteiger partial charge in [0.1, 0.15) is 13.2 Å². The molecule has 0 aliphatic rings. The summed E-state index contributed by atoms with van der Waals surface area (Å²) in [6, 6.07) is 14.2. The molecule has 0 spiro atoms. The van der Waals surface area contributed by atoms with Gasteiger partial charge < -0.3 is 19.7 Å². The van der Waals surface area contributed by atoms with E-state index in [1.807, 2.05) is 19.1 Å². The third-order valence-corrected chi connectivity index (χ3v) is 4.97. The Balaban J connectivity index is 1.58. The number of carbonyl (C=O) groups is 4. The zero-order valence-electron chi connectivity index (χ0n) is 18.3. The highest BCUT2D eigenvalue weighted by Crippen LogP contribution is 2.23. The summed E-state index contributed by atoms with van der Waals surface area (Å²) < 4.78 is 10.2. The maximum atomic E-state index is 12.4. The van der Waals surface area contributed by atoms with Crippen LogP contribution in [0.25, 0.3) is 16.8 Å². The molecule has 0 aliphatic carbocycles. The van der Waals surface area contributed by atoms with Crippen molar-refractivity contribution in [2.24, 2.45) is 0 Å². The molecule has 0 bridgehead atoms. The molecule has 0 fully saturated rings. The van der Waals surface area contributed by atoms with Crippen molar-refractivity contribution in [3.8, 4) is 0 Å². The smallest absolute Gasteiger partial charge is 0.338 e. The minimum absolute atomic E-state index is 0.0550. The predicted molar refractivity (Wildman–Crippen MR) is 124 cm³/mol. The third-order valence-electron chi connectivity index (χ3n) is 4.97. The van der Waals surface area contributed by atoms with Crippen molar-refractivity contribution in [2.45, 2.75) is 13.3 Å². The van der Waals surface area contributed by atoms with Gasteiger partial charge in [-0.15, -0.1) is 0 Å². The summed E-state index contributed by atoms with van der Waals surface area (Å²) in [5, 5.41) is 19.4. The van der Waals surface area contributed by atoms with Crippen molar-refractivity contribution < 1.29 is 38.9 Å². The molecule has 8 nitrogen and oxygen atoms in total. The van der Waals surface area contributed by atoms with Crippen LogP contribution >= 0.6 is 0 Å². The summed E-state index contributed by atoms with van der Waals surface area (Å²) in [5.41, 5.74) is 2.40. The first-order valence-corrected chi connectivity index (χ1v) is 10.3. The molecule has 0 heterocycles. The molecule has 0 aromatic heterocycles. The fraction of sp³-hybridized carbons (Fsp3) is 0.154. The van der Waals surface area contributed by atoms with E-state index in [0.29, 0.717) is 5.56 Å². The first kappa shape index (κ1) is 24.2. The Bertz CT molecular complexity index is 1270. The number of ether oxygens (including phenoxy) is 2. The monoisotopic (exact) mass is 462 g/mol. The van der Waals surface area contributed by atoms with Gasteiger partial charge in [-0.05, 0) is 71.3 Å². The molecule has 0 saturated carbocycles. The summed E-state index contributed by atoms with van der Waals surface area (Å²) >= 11 is 0. The van der Waals surface area contributed by atoms with Crippen LogP contribution < -0.4 is 0 Å². The number of aliphatic carboxylic acids is 1. The van der Waals surface area contributed by atoms with Crippen molar-refractivity contribution in [1.29, 1.82) is 0 Å². The van der Waals surface area contributed by atoms with E-state index in [2.05, 4.69) is 0 Å².